The van der Waals surface area contributed by atoms with Crippen LogP contribution in [-0.4, -0.2) is 17.2 Å². The fraction of sp³-hybridized carbons (Fsp3) is 0.154. The maximum absolute atomic E-state index is 10.1. The fourth-order valence-electron chi connectivity index (χ4n) is 1.55. The standard InChI is InChI=1S/C13H13NO2/c1-16-12-4-2-3-11(9-12)13(15)10-5-7-14-8-6-10/h2-9,13,15H,1H3. The van der Waals surface area contributed by atoms with E-state index in [4.69, 9.17) is 4.74 Å². The van der Waals surface area contributed by atoms with Crippen LogP contribution in [0.4, 0.5) is 0 Å². The molecular weight excluding hydrogens is 202 g/mol. The van der Waals surface area contributed by atoms with Crippen LogP contribution < -0.4 is 4.74 Å². The highest BCUT2D eigenvalue weighted by Crippen LogP contribution is 2.24. The maximum Gasteiger partial charge on any atom is 0.119 e. The van der Waals surface area contributed by atoms with Crippen molar-refractivity contribution in [2.45, 2.75) is 6.10 Å². The predicted octanol–water partition coefficient (Wildman–Crippen LogP) is 2.17. The van der Waals surface area contributed by atoms with Crippen LogP contribution in [-0.2, 0) is 0 Å². The van der Waals surface area contributed by atoms with Gasteiger partial charge in [0.15, 0.2) is 0 Å². The minimum Gasteiger partial charge on any atom is -0.497 e. The van der Waals surface area contributed by atoms with Gasteiger partial charge in [-0.3, -0.25) is 4.98 Å². The summed E-state index contributed by atoms with van der Waals surface area (Å²) in [5.41, 5.74) is 1.63. The van der Waals surface area contributed by atoms with Crippen molar-refractivity contribution < 1.29 is 9.84 Å². The van der Waals surface area contributed by atoms with Gasteiger partial charge in [-0.1, -0.05) is 12.1 Å². The van der Waals surface area contributed by atoms with E-state index in [1.54, 1.807) is 31.6 Å². The Hall–Kier alpha value is -1.87. The van der Waals surface area contributed by atoms with Crippen molar-refractivity contribution in [1.82, 2.24) is 4.98 Å². The fourth-order valence-corrected chi connectivity index (χ4v) is 1.55. The Bertz CT molecular complexity index is 456. The monoisotopic (exact) mass is 215 g/mol. The molecule has 1 unspecified atom stereocenters. The SMILES string of the molecule is COc1cccc(C(O)c2ccncc2)c1. The molecule has 0 bridgehead atoms. The summed E-state index contributed by atoms with van der Waals surface area (Å²) in [5, 5.41) is 10.1. The van der Waals surface area contributed by atoms with E-state index in [0.29, 0.717) is 0 Å². The molecule has 1 atom stereocenters. The molecule has 0 radical (unpaired) electrons. The zero-order valence-electron chi connectivity index (χ0n) is 9.00. The lowest BCUT2D eigenvalue weighted by molar-refractivity contribution is 0.219. The molecule has 0 spiro atoms. The van der Waals surface area contributed by atoms with Gasteiger partial charge in [0.2, 0.25) is 0 Å². The Morgan fingerprint density at radius 1 is 1.12 bits per heavy atom. The van der Waals surface area contributed by atoms with Gasteiger partial charge in [-0.05, 0) is 35.4 Å². The lowest BCUT2D eigenvalue weighted by Crippen LogP contribution is -1.99. The molecule has 0 aliphatic rings. The number of ether oxygens (including phenoxy) is 1. The number of hydrogen-bond donors (Lipinski definition) is 1. The number of aromatic nitrogens is 1. The van der Waals surface area contributed by atoms with Crippen molar-refractivity contribution in [2.24, 2.45) is 0 Å². The van der Waals surface area contributed by atoms with E-state index < -0.39 is 6.10 Å². The number of benzene rings is 1. The van der Waals surface area contributed by atoms with Gasteiger partial charge >= 0.3 is 0 Å². The zero-order chi connectivity index (χ0) is 11.4. The van der Waals surface area contributed by atoms with E-state index in [1.807, 2.05) is 24.3 Å². The van der Waals surface area contributed by atoms with E-state index in [1.165, 1.54) is 0 Å². The van der Waals surface area contributed by atoms with Gasteiger partial charge in [0.25, 0.3) is 0 Å². The second kappa shape index (κ2) is 4.77. The normalized spacial score (nSPS) is 12.1. The number of methoxy groups -OCH3 is 1. The van der Waals surface area contributed by atoms with Crippen LogP contribution in [0.15, 0.2) is 48.8 Å². The molecule has 1 heterocycles. The molecule has 0 fully saturated rings. The summed E-state index contributed by atoms with van der Waals surface area (Å²) >= 11 is 0. The predicted molar refractivity (Wildman–Crippen MR) is 61.3 cm³/mol. The van der Waals surface area contributed by atoms with Crippen molar-refractivity contribution >= 4 is 0 Å². The average Bonchev–Trinajstić information content (AvgIpc) is 2.39. The molecule has 0 saturated carbocycles. The lowest BCUT2D eigenvalue weighted by Gasteiger charge is -2.11. The minimum absolute atomic E-state index is 0.641. The molecule has 3 nitrogen and oxygen atoms in total. The molecule has 0 aliphatic heterocycles. The molecule has 0 amide bonds. The Morgan fingerprint density at radius 3 is 2.56 bits per heavy atom. The van der Waals surface area contributed by atoms with Crippen LogP contribution in [0, 0.1) is 0 Å². The molecule has 2 aromatic rings. The topological polar surface area (TPSA) is 42.4 Å². The number of hydrogen-bond acceptors (Lipinski definition) is 3. The van der Waals surface area contributed by atoms with Crippen LogP contribution in [0.2, 0.25) is 0 Å². The maximum atomic E-state index is 10.1. The molecule has 3 heteroatoms. The first-order valence-corrected chi connectivity index (χ1v) is 5.03. The summed E-state index contributed by atoms with van der Waals surface area (Å²) in [5.74, 6) is 0.741. The second-order valence-electron chi connectivity index (χ2n) is 3.46. The van der Waals surface area contributed by atoms with Gasteiger partial charge in [-0.2, -0.15) is 0 Å². The van der Waals surface area contributed by atoms with Crippen molar-refractivity contribution in [3.63, 3.8) is 0 Å². The van der Waals surface area contributed by atoms with Gasteiger partial charge in [-0.25, -0.2) is 0 Å². The highest BCUT2D eigenvalue weighted by molar-refractivity contribution is 5.34. The third kappa shape index (κ3) is 2.20. The lowest BCUT2D eigenvalue weighted by atomic mass is 10.0. The average molecular weight is 215 g/mol. The molecule has 0 aliphatic carbocycles. The molecular formula is C13H13NO2. The summed E-state index contributed by atoms with van der Waals surface area (Å²) < 4.78 is 5.12. The van der Waals surface area contributed by atoms with E-state index >= 15 is 0 Å². The molecule has 2 rings (SSSR count). The first-order valence-electron chi connectivity index (χ1n) is 5.03. The minimum atomic E-state index is -0.641. The Labute approximate surface area is 94.3 Å². The summed E-state index contributed by atoms with van der Waals surface area (Å²) in [7, 11) is 1.61. The van der Waals surface area contributed by atoms with Crippen molar-refractivity contribution in [1.29, 1.82) is 0 Å². The largest absolute Gasteiger partial charge is 0.497 e. The Morgan fingerprint density at radius 2 is 1.88 bits per heavy atom. The van der Waals surface area contributed by atoms with Crippen molar-refractivity contribution in [3.05, 3.63) is 59.9 Å². The smallest absolute Gasteiger partial charge is 0.119 e. The molecule has 1 N–H and O–H groups in total. The quantitative estimate of drug-likeness (QED) is 0.853. The number of rotatable bonds is 3. The van der Waals surface area contributed by atoms with Gasteiger partial charge in [-0.15, -0.1) is 0 Å². The van der Waals surface area contributed by atoms with Crippen LogP contribution in [0.5, 0.6) is 5.75 Å². The summed E-state index contributed by atoms with van der Waals surface area (Å²) in [6.07, 6.45) is 2.69. The molecule has 1 aromatic carbocycles. The first kappa shape index (κ1) is 10.6. The molecule has 16 heavy (non-hydrogen) atoms. The van der Waals surface area contributed by atoms with Gasteiger partial charge < -0.3 is 9.84 Å². The third-order valence-corrected chi connectivity index (χ3v) is 2.43. The first-order chi connectivity index (χ1) is 7.81. The van der Waals surface area contributed by atoms with E-state index in [9.17, 15) is 5.11 Å². The zero-order valence-corrected chi connectivity index (χ0v) is 9.00. The Kier molecular flexibility index (Phi) is 3.17. The number of aliphatic hydroxyl groups is 1. The molecule has 82 valence electrons. The van der Waals surface area contributed by atoms with E-state index in [-0.39, 0.29) is 0 Å². The second-order valence-corrected chi connectivity index (χ2v) is 3.46. The van der Waals surface area contributed by atoms with Crippen LogP contribution in [0.3, 0.4) is 0 Å². The van der Waals surface area contributed by atoms with Crippen molar-refractivity contribution in [3.8, 4) is 5.75 Å². The van der Waals surface area contributed by atoms with Crippen molar-refractivity contribution in [2.75, 3.05) is 7.11 Å². The van der Waals surface area contributed by atoms with E-state index in [0.717, 1.165) is 16.9 Å². The number of nitrogens with zero attached hydrogens (tertiary/aromatic N) is 1. The summed E-state index contributed by atoms with van der Waals surface area (Å²) in [6, 6.07) is 11.0. The van der Waals surface area contributed by atoms with Crippen LogP contribution in [0.1, 0.15) is 17.2 Å². The number of aliphatic hydroxyl groups excluding tert-OH is 1. The highest BCUT2D eigenvalue weighted by Gasteiger charge is 2.10. The van der Waals surface area contributed by atoms with E-state index in [2.05, 4.69) is 4.98 Å². The molecule has 0 saturated heterocycles. The summed E-state index contributed by atoms with van der Waals surface area (Å²) in [4.78, 5) is 3.92. The third-order valence-electron chi connectivity index (χ3n) is 2.43. The summed E-state index contributed by atoms with van der Waals surface area (Å²) in [6.45, 7) is 0. The Balaban J connectivity index is 2.30. The van der Waals surface area contributed by atoms with Gasteiger partial charge in [0.1, 0.15) is 11.9 Å². The van der Waals surface area contributed by atoms with Gasteiger partial charge in [0.05, 0.1) is 7.11 Å². The van der Waals surface area contributed by atoms with Crippen LogP contribution >= 0.6 is 0 Å². The van der Waals surface area contributed by atoms with Gasteiger partial charge in [0, 0.05) is 12.4 Å². The highest BCUT2D eigenvalue weighted by atomic mass is 16.5. The number of pyridine rings is 1. The molecule has 1 aromatic heterocycles. The van der Waals surface area contributed by atoms with Crippen LogP contribution in [0.25, 0.3) is 0 Å².